The van der Waals surface area contributed by atoms with Crippen molar-refractivity contribution in [3.63, 3.8) is 0 Å². The van der Waals surface area contributed by atoms with E-state index in [0.717, 1.165) is 0 Å². The summed E-state index contributed by atoms with van der Waals surface area (Å²) in [5.74, 6) is 4.36. The maximum atomic E-state index is 13.9. The first-order valence-electron chi connectivity index (χ1n) is 6.38. The second kappa shape index (κ2) is 7.63. The highest BCUT2D eigenvalue weighted by molar-refractivity contribution is 5.94. The fourth-order valence-electron chi connectivity index (χ4n) is 1.83. The molecule has 3 N–H and O–H groups in total. The SMILES string of the molecule is CC(CN(C)C)NC(=O)c1ccc(C#CCN)cc1F. The Morgan fingerprint density at radius 1 is 1.50 bits per heavy atom. The molecule has 0 aromatic heterocycles. The average molecular weight is 277 g/mol. The smallest absolute Gasteiger partial charge is 0.254 e. The molecule has 1 aromatic rings. The van der Waals surface area contributed by atoms with Crippen LogP contribution in [0.2, 0.25) is 0 Å². The van der Waals surface area contributed by atoms with E-state index in [1.807, 2.05) is 25.9 Å². The molecule has 1 amide bonds. The van der Waals surface area contributed by atoms with E-state index in [0.29, 0.717) is 12.1 Å². The molecule has 5 heteroatoms. The van der Waals surface area contributed by atoms with Gasteiger partial charge in [-0.1, -0.05) is 11.8 Å². The van der Waals surface area contributed by atoms with Crippen LogP contribution in [0.15, 0.2) is 18.2 Å². The van der Waals surface area contributed by atoms with Crippen molar-refractivity contribution in [3.8, 4) is 11.8 Å². The van der Waals surface area contributed by atoms with Gasteiger partial charge in [-0.25, -0.2) is 4.39 Å². The number of nitrogens with two attached hydrogens (primary N) is 1. The fraction of sp³-hybridized carbons (Fsp3) is 0.400. The first-order chi connectivity index (χ1) is 9.43. The largest absolute Gasteiger partial charge is 0.348 e. The summed E-state index contributed by atoms with van der Waals surface area (Å²) in [5, 5.41) is 2.75. The van der Waals surface area contributed by atoms with E-state index in [1.54, 1.807) is 6.07 Å². The van der Waals surface area contributed by atoms with Gasteiger partial charge in [0.1, 0.15) is 5.82 Å². The molecule has 0 fully saturated rings. The Hall–Kier alpha value is -1.90. The van der Waals surface area contributed by atoms with Gasteiger partial charge in [-0.05, 0) is 39.2 Å². The molecule has 0 bridgehead atoms. The van der Waals surface area contributed by atoms with E-state index in [1.165, 1.54) is 12.1 Å². The molecule has 108 valence electrons. The molecule has 0 heterocycles. The number of amides is 1. The summed E-state index contributed by atoms with van der Waals surface area (Å²) in [6.45, 7) is 2.77. The average Bonchev–Trinajstić information content (AvgIpc) is 2.35. The van der Waals surface area contributed by atoms with E-state index in [-0.39, 0.29) is 18.2 Å². The predicted octanol–water partition coefficient (Wildman–Crippen LogP) is 0.816. The highest BCUT2D eigenvalue weighted by Crippen LogP contribution is 2.10. The Balaban J connectivity index is 2.79. The Morgan fingerprint density at radius 2 is 2.20 bits per heavy atom. The Bertz CT molecular complexity index is 532. The minimum Gasteiger partial charge on any atom is -0.348 e. The van der Waals surface area contributed by atoms with Crippen molar-refractivity contribution in [2.45, 2.75) is 13.0 Å². The van der Waals surface area contributed by atoms with Crippen LogP contribution < -0.4 is 11.1 Å². The number of benzene rings is 1. The number of hydrogen-bond donors (Lipinski definition) is 2. The fourth-order valence-corrected chi connectivity index (χ4v) is 1.83. The minimum absolute atomic E-state index is 0.0221. The van der Waals surface area contributed by atoms with Crippen molar-refractivity contribution in [1.29, 1.82) is 0 Å². The predicted molar refractivity (Wildman–Crippen MR) is 77.8 cm³/mol. The third-order valence-corrected chi connectivity index (χ3v) is 2.57. The van der Waals surface area contributed by atoms with Gasteiger partial charge in [0.05, 0.1) is 12.1 Å². The number of likely N-dealkylation sites (N-methyl/N-ethyl adjacent to an activating group) is 1. The van der Waals surface area contributed by atoms with Gasteiger partial charge in [0, 0.05) is 18.2 Å². The normalized spacial score (nSPS) is 11.7. The van der Waals surface area contributed by atoms with Crippen LogP contribution in [0.1, 0.15) is 22.8 Å². The van der Waals surface area contributed by atoms with Gasteiger partial charge >= 0.3 is 0 Å². The molecular weight excluding hydrogens is 257 g/mol. The first-order valence-corrected chi connectivity index (χ1v) is 6.38. The van der Waals surface area contributed by atoms with Crippen molar-refractivity contribution in [2.75, 3.05) is 27.2 Å². The standard InChI is InChI=1S/C15H20FN3O/c1-11(10-19(2)3)18-15(20)13-7-6-12(5-4-8-17)9-14(13)16/h6-7,9,11H,8,10,17H2,1-3H3,(H,18,20). The number of rotatable bonds is 4. The molecule has 1 atom stereocenters. The molecule has 0 spiro atoms. The topological polar surface area (TPSA) is 58.4 Å². The molecule has 20 heavy (non-hydrogen) atoms. The lowest BCUT2D eigenvalue weighted by atomic mass is 10.1. The maximum Gasteiger partial charge on any atom is 0.254 e. The van der Waals surface area contributed by atoms with E-state index in [2.05, 4.69) is 17.2 Å². The zero-order valence-corrected chi connectivity index (χ0v) is 12.0. The maximum absolute atomic E-state index is 13.9. The Kier molecular flexibility index (Phi) is 6.16. The van der Waals surface area contributed by atoms with Crippen molar-refractivity contribution < 1.29 is 9.18 Å². The molecule has 0 radical (unpaired) electrons. The summed E-state index contributed by atoms with van der Waals surface area (Å²) in [4.78, 5) is 13.9. The summed E-state index contributed by atoms with van der Waals surface area (Å²) in [6, 6.07) is 4.23. The molecule has 0 aliphatic heterocycles. The summed E-state index contributed by atoms with van der Waals surface area (Å²) in [5.41, 5.74) is 5.78. The number of carbonyl (C=O) groups excluding carboxylic acids is 1. The third kappa shape index (κ3) is 5.00. The van der Waals surface area contributed by atoms with Gasteiger partial charge in [0.2, 0.25) is 0 Å². The molecule has 1 unspecified atom stereocenters. The van der Waals surface area contributed by atoms with Gasteiger partial charge in [-0.3, -0.25) is 4.79 Å². The van der Waals surface area contributed by atoms with Crippen LogP contribution in [0, 0.1) is 17.7 Å². The lowest BCUT2D eigenvalue weighted by Gasteiger charge is -2.18. The summed E-state index contributed by atoms with van der Waals surface area (Å²) < 4.78 is 13.9. The van der Waals surface area contributed by atoms with E-state index >= 15 is 0 Å². The molecule has 0 aliphatic carbocycles. The quantitative estimate of drug-likeness (QED) is 0.801. The lowest BCUT2D eigenvalue weighted by molar-refractivity contribution is 0.0930. The molecule has 0 saturated carbocycles. The number of hydrogen-bond acceptors (Lipinski definition) is 3. The van der Waals surface area contributed by atoms with Crippen LogP contribution >= 0.6 is 0 Å². The number of halogens is 1. The van der Waals surface area contributed by atoms with Crippen LogP contribution in [0.4, 0.5) is 4.39 Å². The van der Waals surface area contributed by atoms with E-state index in [4.69, 9.17) is 5.73 Å². The number of nitrogens with zero attached hydrogens (tertiary/aromatic N) is 1. The van der Waals surface area contributed by atoms with Crippen LogP contribution in [0.5, 0.6) is 0 Å². The van der Waals surface area contributed by atoms with Crippen molar-refractivity contribution >= 4 is 5.91 Å². The Labute approximate surface area is 119 Å². The van der Waals surface area contributed by atoms with Crippen molar-refractivity contribution in [2.24, 2.45) is 5.73 Å². The van der Waals surface area contributed by atoms with E-state index < -0.39 is 11.7 Å². The van der Waals surface area contributed by atoms with Crippen LogP contribution in [-0.4, -0.2) is 44.0 Å². The van der Waals surface area contributed by atoms with Crippen LogP contribution in [0.25, 0.3) is 0 Å². The van der Waals surface area contributed by atoms with Gasteiger partial charge in [0.15, 0.2) is 0 Å². The van der Waals surface area contributed by atoms with Crippen molar-refractivity contribution in [1.82, 2.24) is 10.2 Å². The molecule has 1 aromatic carbocycles. The molecule has 0 saturated heterocycles. The summed E-state index contributed by atoms with van der Waals surface area (Å²) in [7, 11) is 3.82. The second-order valence-corrected chi connectivity index (χ2v) is 4.84. The highest BCUT2D eigenvalue weighted by atomic mass is 19.1. The number of nitrogens with one attached hydrogen (secondary N) is 1. The van der Waals surface area contributed by atoms with Gasteiger partial charge in [-0.2, -0.15) is 0 Å². The summed E-state index contributed by atoms with van der Waals surface area (Å²) in [6.07, 6.45) is 0. The van der Waals surface area contributed by atoms with Gasteiger partial charge in [-0.15, -0.1) is 0 Å². The molecule has 1 rings (SSSR count). The van der Waals surface area contributed by atoms with Crippen LogP contribution in [0.3, 0.4) is 0 Å². The zero-order valence-electron chi connectivity index (χ0n) is 12.0. The summed E-state index contributed by atoms with van der Waals surface area (Å²) >= 11 is 0. The monoisotopic (exact) mass is 277 g/mol. The number of carbonyl (C=O) groups is 1. The molecule has 4 nitrogen and oxygen atoms in total. The van der Waals surface area contributed by atoms with E-state index in [9.17, 15) is 9.18 Å². The molecular formula is C15H20FN3O. The Morgan fingerprint density at radius 3 is 2.75 bits per heavy atom. The van der Waals surface area contributed by atoms with Gasteiger partial charge < -0.3 is 16.0 Å². The molecule has 0 aliphatic rings. The first kappa shape index (κ1) is 16.2. The van der Waals surface area contributed by atoms with Crippen molar-refractivity contribution in [3.05, 3.63) is 35.1 Å². The lowest BCUT2D eigenvalue weighted by Crippen LogP contribution is -2.39. The van der Waals surface area contributed by atoms with Gasteiger partial charge in [0.25, 0.3) is 5.91 Å². The highest BCUT2D eigenvalue weighted by Gasteiger charge is 2.14. The zero-order chi connectivity index (χ0) is 15.1. The van der Waals surface area contributed by atoms with Crippen LogP contribution in [-0.2, 0) is 0 Å². The minimum atomic E-state index is -0.580. The third-order valence-electron chi connectivity index (χ3n) is 2.57. The second-order valence-electron chi connectivity index (χ2n) is 4.84.